The van der Waals surface area contributed by atoms with E-state index in [9.17, 15) is 0 Å². The van der Waals surface area contributed by atoms with Gasteiger partial charge in [-0.1, -0.05) is 12.1 Å². The van der Waals surface area contributed by atoms with Crippen molar-refractivity contribution in [2.45, 2.75) is 52.1 Å². The maximum atomic E-state index is 3.21. The molecule has 0 aromatic heterocycles. The summed E-state index contributed by atoms with van der Waals surface area (Å²) in [6, 6.07) is 8.29. The van der Waals surface area contributed by atoms with Gasteiger partial charge in [0.1, 0.15) is 0 Å². The number of nitrogens with one attached hydrogen (secondary N) is 1. The van der Waals surface area contributed by atoms with Gasteiger partial charge in [0.15, 0.2) is 0 Å². The molecule has 0 bridgehead atoms. The van der Waals surface area contributed by atoms with Gasteiger partial charge in [0, 0.05) is 17.8 Å². The molecule has 2 rings (SSSR count). The number of benzene rings is 1. The first-order chi connectivity index (χ1) is 8.63. The molecule has 0 saturated carbocycles. The van der Waals surface area contributed by atoms with Gasteiger partial charge in [-0.15, -0.1) is 0 Å². The maximum Gasteiger partial charge on any atom is 0.0404 e. The lowest BCUT2D eigenvalue weighted by atomic mass is 10.0. The summed E-state index contributed by atoms with van der Waals surface area (Å²) in [5, 5.41) is 3.21. The SMILES string of the molecule is CNCCCc1ccc2c(c1)CC(C)N2C(C)C. The van der Waals surface area contributed by atoms with E-state index in [1.54, 1.807) is 0 Å². The van der Waals surface area contributed by atoms with Crippen LogP contribution in [0.5, 0.6) is 0 Å². The van der Waals surface area contributed by atoms with Gasteiger partial charge in [0.25, 0.3) is 0 Å². The third-order valence-electron chi connectivity index (χ3n) is 3.86. The average molecular weight is 246 g/mol. The second kappa shape index (κ2) is 5.75. The molecule has 1 unspecified atom stereocenters. The molecule has 1 atom stereocenters. The van der Waals surface area contributed by atoms with E-state index in [-0.39, 0.29) is 0 Å². The highest BCUT2D eigenvalue weighted by molar-refractivity contribution is 5.61. The first-order valence-corrected chi connectivity index (χ1v) is 7.18. The van der Waals surface area contributed by atoms with Crippen molar-refractivity contribution in [2.75, 3.05) is 18.5 Å². The van der Waals surface area contributed by atoms with E-state index in [1.807, 2.05) is 7.05 Å². The van der Waals surface area contributed by atoms with Crippen LogP contribution >= 0.6 is 0 Å². The van der Waals surface area contributed by atoms with Crippen LogP contribution in [0.3, 0.4) is 0 Å². The second-order valence-corrected chi connectivity index (χ2v) is 5.72. The molecule has 100 valence electrons. The van der Waals surface area contributed by atoms with Crippen LogP contribution in [0.4, 0.5) is 5.69 Å². The van der Waals surface area contributed by atoms with Crippen LogP contribution in [-0.2, 0) is 12.8 Å². The number of nitrogens with zero attached hydrogens (tertiary/aromatic N) is 1. The van der Waals surface area contributed by atoms with E-state index < -0.39 is 0 Å². The van der Waals surface area contributed by atoms with Crippen molar-refractivity contribution in [3.8, 4) is 0 Å². The monoisotopic (exact) mass is 246 g/mol. The van der Waals surface area contributed by atoms with E-state index >= 15 is 0 Å². The molecule has 1 aliphatic rings. The fraction of sp³-hybridized carbons (Fsp3) is 0.625. The van der Waals surface area contributed by atoms with Crippen LogP contribution in [0.15, 0.2) is 18.2 Å². The average Bonchev–Trinajstić information content (AvgIpc) is 2.64. The van der Waals surface area contributed by atoms with E-state index in [1.165, 1.54) is 36.1 Å². The number of aryl methyl sites for hydroxylation is 1. The van der Waals surface area contributed by atoms with Gasteiger partial charge >= 0.3 is 0 Å². The summed E-state index contributed by atoms with van der Waals surface area (Å²) in [5.74, 6) is 0. The van der Waals surface area contributed by atoms with Crippen molar-refractivity contribution in [3.63, 3.8) is 0 Å². The number of hydrogen-bond donors (Lipinski definition) is 1. The molecule has 1 aliphatic heterocycles. The Balaban J connectivity index is 2.12. The minimum absolute atomic E-state index is 0.594. The van der Waals surface area contributed by atoms with Crippen molar-refractivity contribution < 1.29 is 0 Å². The molecular formula is C16H26N2. The molecule has 2 nitrogen and oxygen atoms in total. The zero-order chi connectivity index (χ0) is 13.1. The molecule has 1 heterocycles. The molecule has 2 heteroatoms. The Labute approximate surface area is 111 Å². The van der Waals surface area contributed by atoms with Gasteiger partial charge in [0.05, 0.1) is 0 Å². The molecule has 0 radical (unpaired) electrons. The Hall–Kier alpha value is -1.02. The molecule has 1 aromatic carbocycles. The number of hydrogen-bond acceptors (Lipinski definition) is 2. The fourth-order valence-corrected chi connectivity index (χ4v) is 3.12. The van der Waals surface area contributed by atoms with Gasteiger partial charge in [-0.2, -0.15) is 0 Å². The van der Waals surface area contributed by atoms with Crippen molar-refractivity contribution in [3.05, 3.63) is 29.3 Å². The van der Waals surface area contributed by atoms with E-state index in [0.717, 1.165) is 6.54 Å². The largest absolute Gasteiger partial charge is 0.366 e. The van der Waals surface area contributed by atoms with Crippen LogP contribution in [0, 0.1) is 0 Å². The van der Waals surface area contributed by atoms with E-state index in [0.29, 0.717) is 12.1 Å². The Morgan fingerprint density at radius 1 is 1.39 bits per heavy atom. The lowest BCUT2D eigenvalue weighted by Gasteiger charge is -2.29. The summed E-state index contributed by atoms with van der Waals surface area (Å²) in [4.78, 5) is 2.55. The molecule has 0 amide bonds. The fourth-order valence-electron chi connectivity index (χ4n) is 3.12. The summed E-state index contributed by atoms with van der Waals surface area (Å²) in [6.07, 6.45) is 3.61. The van der Waals surface area contributed by atoms with Crippen LogP contribution < -0.4 is 10.2 Å². The normalized spacial score (nSPS) is 18.5. The summed E-state index contributed by atoms with van der Waals surface area (Å²) in [5.41, 5.74) is 4.48. The molecule has 0 aliphatic carbocycles. The third kappa shape index (κ3) is 2.69. The Kier molecular flexibility index (Phi) is 4.28. The summed E-state index contributed by atoms with van der Waals surface area (Å²) < 4.78 is 0. The minimum atomic E-state index is 0.594. The topological polar surface area (TPSA) is 15.3 Å². The highest BCUT2D eigenvalue weighted by Crippen LogP contribution is 2.34. The van der Waals surface area contributed by atoms with E-state index in [4.69, 9.17) is 0 Å². The first-order valence-electron chi connectivity index (χ1n) is 7.18. The molecule has 1 aromatic rings. The van der Waals surface area contributed by atoms with Crippen LogP contribution in [0.1, 0.15) is 38.3 Å². The predicted octanol–water partition coefficient (Wildman–Crippen LogP) is 3.00. The molecule has 0 spiro atoms. The highest BCUT2D eigenvalue weighted by Gasteiger charge is 2.27. The van der Waals surface area contributed by atoms with Gasteiger partial charge in [-0.25, -0.2) is 0 Å². The predicted molar refractivity (Wildman–Crippen MR) is 79.5 cm³/mol. The van der Waals surface area contributed by atoms with Crippen LogP contribution in [0.25, 0.3) is 0 Å². The zero-order valence-corrected chi connectivity index (χ0v) is 12.2. The molecule has 18 heavy (non-hydrogen) atoms. The maximum absolute atomic E-state index is 3.21. The number of rotatable bonds is 5. The van der Waals surface area contributed by atoms with Gasteiger partial charge < -0.3 is 10.2 Å². The van der Waals surface area contributed by atoms with Crippen molar-refractivity contribution in [1.82, 2.24) is 5.32 Å². The molecule has 1 N–H and O–H groups in total. The van der Waals surface area contributed by atoms with Crippen molar-refractivity contribution in [1.29, 1.82) is 0 Å². The molecule has 0 fully saturated rings. The quantitative estimate of drug-likeness (QED) is 0.804. The summed E-state index contributed by atoms with van der Waals surface area (Å²) in [6.45, 7) is 8.01. The number of anilines is 1. The first kappa shape index (κ1) is 13.4. The lowest BCUT2D eigenvalue weighted by Crippen LogP contribution is -2.35. The summed E-state index contributed by atoms with van der Waals surface area (Å²) >= 11 is 0. The molecular weight excluding hydrogens is 220 g/mol. The zero-order valence-electron chi connectivity index (χ0n) is 12.2. The molecule has 0 saturated heterocycles. The van der Waals surface area contributed by atoms with Gasteiger partial charge in [-0.05, 0) is 70.8 Å². The Morgan fingerprint density at radius 2 is 2.17 bits per heavy atom. The second-order valence-electron chi connectivity index (χ2n) is 5.72. The van der Waals surface area contributed by atoms with Crippen molar-refractivity contribution >= 4 is 5.69 Å². The summed E-state index contributed by atoms with van der Waals surface area (Å²) in [7, 11) is 2.02. The Bertz CT molecular complexity index is 398. The highest BCUT2D eigenvalue weighted by atomic mass is 15.2. The van der Waals surface area contributed by atoms with Crippen molar-refractivity contribution in [2.24, 2.45) is 0 Å². The lowest BCUT2D eigenvalue weighted by molar-refractivity contribution is 0.606. The van der Waals surface area contributed by atoms with Gasteiger partial charge in [0.2, 0.25) is 0 Å². The minimum Gasteiger partial charge on any atom is -0.366 e. The van der Waals surface area contributed by atoms with Crippen LogP contribution in [-0.4, -0.2) is 25.7 Å². The standard InChI is InChI=1S/C16H26N2/c1-12(2)18-13(3)10-15-11-14(6-5-9-17-4)7-8-16(15)18/h7-8,11-13,17H,5-6,9-10H2,1-4H3. The van der Waals surface area contributed by atoms with Crippen LogP contribution in [0.2, 0.25) is 0 Å². The van der Waals surface area contributed by atoms with E-state index in [2.05, 4.69) is 49.2 Å². The number of fused-ring (bicyclic) bond motifs is 1. The van der Waals surface area contributed by atoms with Gasteiger partial charge in [-0.3, -0.25) is 0 Å². The third-order valence-corrected chi connectivity index (χ3v) is 3.86. The Morgan fingerprint density at radius 3 is 2.83 bits per heavy atom. The smallest absolute Gasteiger partial charge is 0.0404 e.